The zero-order valence-electron chi connectivity index (χ0n) is 17.4. The van der Waals surface area contributed by atoms with Crippen molar-refractivity contribution in [3.8, 4) is 11.8 Å². The van der Waals surface area contributed by atoms with E-state index in [0.717, 1.165) is 39.5 Å². The second-order valence-corrected chi connectivity index (χ2v) is 8.13. The molecular weight excluding hydrogens is 412 g/mol. The first kappa shape index (κ1) is 20.1. The van der Waals surface area contributed by atoms with E-state index in [9.17, 15) is 0 Å². The molecule has 0 saturated heterocycles. The van der Waals surface area contributed by atoms with E-state index in [1.165, 1.54) is 5.56 Å². The van der Waals surface area contributed by atoms with Gasteiger partial charge in [-0.3, -0.25) is 5.01 Å². The highest BCUT2D eigenvalue weighted by atomic mass is 35.5. The topological polar surface area (TPSA) is 15.6 Å². The second kappa shape index (κ2) is 9.14. The van der Waals surface area contributed by atoms with Crippen molar-refractivity contribution < 1.29 is 0 Å². The van der Waals surface area contributed by atoms with Crippen LogP contribution in [0.5, 0.6) is 0 Å². The number of para-hydroxylation sites is 1. The molecule has 0 amide bonds. The summed E-state index contributed by atoms with van der Waals surface area (Å²) in [6.45, 7) is 0. The van der Waals surface area contributed by atoms with Crippen LogP contribution in [0.3, 0.4) is 0 Å². The molecule has 0 aliphatic carbocycles. The summed E-state index contributed by atoms with van der Waals surface area (Å²) in [7, 11) is 0. The fraction of sp³-hybridized carbons (Fsp3) is 0.0690. The van der Waals surface area contributed by atoms with Gasteiger partial charge >= 0.3 is 0 Å². The van der Waals surface area contributed by atoms with Gasteiger partial charge in [0.05, 0.1) is 17.4 Å². The number of hydrogen-bond donors (Lipinski definition) is 0. The summed E-state index contributed by atoms with van der Waals surface area (Å²) in [5, 5.41) is 7.88. The van der Waals surface area contributed by atoms with Gasteiger partial charge in [0.15, 0.2) is 0 Å². The smallest absolute Gasteiger partial charge is 0.0831 e. The van der Waals surface area contributed by atoms with Crippen LogP contribution in [0.4, 0.5) is 5.69 Å². The predicted octanol–water partition coefficient (Wildman–Crippen LogP) is 7.10. The Morgan fingerprint density at radius 3 is 1.88 bits per heavy atom. The number of nitrogens with zero attached hydrogens (tertiary/aromatic N) is 2. The Balaban J connectivity index is 1.41. The van der Waals surface area contributed by atoms with Crippen LogP contribution in [0.15, 0.2) is 114 Å². The van der Waals surface area contributed by atoms with E-state index >= 15 is 0 Å². The second-order valence-electron chi connectivity index (χ2n) is 7.69. The zero-order chi connectivity index (χ0) is 21.8. The van der Waals surface area contributed by atoms with Gasteiger partial charge in [-0.15, -0.1) is 0 Å². The number of rotatable bonds is 3. The van der Waals surface area contributed by atoms with Crippen LogP contribution in [0.1, 0.15) is 34.7 Å². The molecule has 0 saturated carbocycles. The first-order valence-corrected chi connectivity index (χ1v) is 11.0. The van der Waals surface area contributed by atoms with Crippen LogP contribution in [0.25, 0.3) is 0 Å². The average molecular weight is 433 g/mol. The molecule has 0 N–H and O–H groups in total. The molecule has 0 bridgehead atoms. The van der Waals surface area contributed by atoms with Gasteiger partial charge in [0, 0.05) is 22.6 Å². The number of benzene rings is 4. The van der Waals surface area contributed by atoms with E-state index in [1.54, 1.807) is 0 Å². The maximum atomic E-state index is 5.94. The van der Waals surface area contributed by atoms with Crippen LogP contribution in [-0.2, 0) is 0 Å². The van der Waals surface area contributed by atoms with Crippen molar-refractivity contribution in [1.82, 2.24) is 0 Å². The average Bonchev–Trinajstić information content (AvgIpc) is 3.31. The van der Waals surface area contributed by atoms with Crippen molar-refractivity contribution in [2.24, 2.45) is 5.10 Å². The lowest BCUT2D eigenvalue weighted by atomic mass is 9.97. The van der Waals surface area contributed by atoms with E-state index in [0.29, 0.717) is 0 Å². The summed E-state index contributed by atoms with van der Waals surface area (Å²) in [6, 6.07) is 37.0. The molecule has 0 spiro atoms. The summed E-state index contributed by atoms with van der Waals surface area (Å²) in [5.41, 5.74) is 6.49. The van der Waals surface area contributed by atoms with E-state index in [4.69, 9.17) is 16.7 Å². The van der Waals surface area contributed by atoms with Crippen molar-refractivity contribution in [3.05, 3.63) is 136 Å². The maximum Gasteiger partial charge on any atom is 0.0831 e. The van der Waals surface area contributed by atoms with E-state index in [2.05, 4.69) is 95.7 Å². The van der Waals surface area contributed by atoms with Crippen LogP contribution < -0.4 is 5.01 Å². The van der Waals surface area contributed by atoms with Gasteiger partial charge in [0.1, 0.15) is 0 Å². The normalized spacial score (nSPS) is 15.1. The van der Waals surface area contributed by atoms with Crippen molar-refractivity contribution >= 4 is 23.0 Å². The molecular formula is C29H21ClN2. The lowest BCUT2D eigenvalue weighted by Gasteiger charge is -2.23. The Kier molecular flexibility index (Phi) is 5.75. The largest absolute Gasteiger partial charge is 0.257 e. The Labute approximate surface area is 193 Å². The highest BCUT2D eigenvalue weighted by molar-refractivity contribution is 6.30. The van der Waals surface area contributed by atoms with Crippen molar-refractivity contribution in [2.75, 3.05) is 5.01 Å². The quantitative estimate of drug-likeness (QED) is 0.315. The predicted molar refractivity (Wildman–Crippen MR) is 133 cm³/mol. The van der Waals surface area contributed by atoms with Gasteiger partial charge in [0.25, 0.3) is 0 Å². The van der Waals surface area contributed by atoms with E-state index < -0.39 is 0 Å². The Morgan fingerprint density at radius 1 is 0.688 bits per heavy atom. The minimum absolute atomic E-state index is 0.179. The number of hydrazone groups is 1. The number of halogens is 1. The lowest BCUT2D eigenvalue weighted by Crippen LogP contribution is -2.18. The highest BCUT2D eigenvalue weighted by Gasteiger charge is 2.29. The fourth-order valence-corrected chi connectivity index (χ4v) is 3.99. The molecule has 4 aromatic rings. The summed E-state index contributed by atoms with van der Waals surface area (Å²) >= 11 is 5.94. The first-order valence-electron chi connectivity index (χ1n) is 10.6. The Bertz CT molecular complexity index is 1280. The minimum Gasteiger partial charge on any atom is -0.257 e. The molecule has 0 radical (unpaired) electrons. The molecule has 154 valence electrons. The third-order valence-electron chi connectivity index (χ3n) is 5.53. The Hall–Kier alpha value is -3.80. The SMILES string of the molecule is Clc1ccc(C#Cc2ccc(C3=NN(c4ccccc4)C(c4ccccc4)C3)cc2)cc1. The van der Waals surface area contributed by atoms with E-state index in [1.807, 2.05) is 30.3 Å². The fourth-order valence-electron chi connectivity index (χ4n) is 3.86. The standard InChI is InChI=1S/C29H21ClN2/c30-26-19-15-23(16-20-26)12-11-22-13-17-24(18-14-22)28-21-29(25-7-3-1-4-8-25)32(31-28)27-9-5-2-6-10-27/h1-10,13-20,29H,21H2. The molecule has 1 unspecified atom stereocenters. The third-order valence-corrected chi connectivity index (χ3v) is 5.78. The molecule has 5 rings (SSSR count). The molecule has 2 nitrogen and oxygen atoms in total. The summed E-state index contributed by atoms with van der Waals surface area (Å²) < 4.78 is 0. The molecule has 1 aliphatic rings. The molecule has 0 aromatic heterocycles. The number of hydrogen-bond acceptors (Lipinski definition) is 2. The van der Waals surface area contributed by atoms with Gasteiger partial charge < -0.3 is 0 Å². The Morgan fingerprint density at radius 2 is 1.25 bits per heavy atom. The molecule has 1 atom stereocenters. The summed E-state index contributed by atoms with van der Waals surface area (Å²) in [6.07, 6.45) is 0.856. The van der Waals surface area contributed by atoms with Crippen LogP contribution in [0.2, 0.25) is 5.02 Å². The van der Waals surface area contributed by atoms with E-state index in [-0.39, 0.29) is 6.04 Å². The van der Waals surface area contributed by atoms with Gasteiger partial charge in [-0.1, -0.05) is 84.1 Å². The van der Waals surface area contributed by atoms with Crippen molar-refractivity contribution in [1.29, 1.82) is 0 Å². The van der Waals surface area contributed by atoms with Crippen molar-refractivity contribution in [3.63, 3.8) is 0 Å². The van der Waals surface area contributed by atoms with Gasteiger partial charge in [-0.2, -0.15) is 5.10 Å². The first-order chi connectivity index (χ1) is 15.8. The van der Waals surface area contributed by atoms with Crippen LogP contribution >= 0.6 is 11.6 Å². The van der Waals surface area contributed by atoms with Gasteiger partial charge in [-0.25, -0.2) is 0 Å². The monoisotopic (exact) mass is 432 g/mol. The molecule has 1 aliphatic heterocycles. The minimum atomic E-state index is 0.179. The molecule has 0 fully saturated rings. The molecule has 32 heavy (non-hydrogen) atoms. The molecule has 4 aromatic carbocycles. The van der Waals surface area contributed by atoms with Gasteiger partial charge in [0.2, 0.25) is 0 Å². The van der Waals surface area contributed by atoms with Crippen LogP contribution in [-0.4, -0.2) is 5.71 Å². The lowest BCUT2D eigenvalue weighted by molar-refractivity contribution is 0.709. The number of anilines is 1. The van der Waals surface area contributed by atoms with Gasteiger partial charge in [-0.05, 0) is 59.7 Å². The molecule has 1 heterocycles. The summed E-state index contributed by atoms with van der Waals surface area (Å²) in [5.74, 6) is 6.41. The van der Waals surface area contributed by atoms with Crippen molar-refractivity contribution in [2.45, 2.75) is 12.5 Å². The highest BCUT2D eigenvalue weighted by Crippen LogP contribution is 2.36. The summed E-state index contributed by atoms with van der Waals surface area (Å²) in [4.78, 5) is 0. The molecule has 3 heteroatoms. The zero-order valence-corrected chi connectivity index (χ0v) is 18.2. The maximum absolute atomic E-state index is 5.94. The van der Waals surface area contributed by atoms with Crippen LogP contribution in [0, 0.1) is 11.8 Å². The third kappa shape index (κ3) is 4.44.